The number of benzene rings is 2. The quantitative estimate of drug-likeness (QED) is 0.637. The molecule has 0 fully saturated rings. The lowest BCUT2D eigenvalue weighted by Gasteiger charge is -2.14. The first-order valence-corrected chi connectivity index (χ1v) is 9.04. The van der Waals surface area contributed by atoms with Gasteiger partial charge in [0.15, 0.2) is 11.5 Å². The van der Waals surface area contributed by atoms with Gasteiger partial charge >= 0.3 is 0 Å². The summed E-state index contributed by atoms with van der Waals surface area (Å²) in [5, 5.41) is 1.21. The number of rotatable bonds is 2. The van der Waals surface area contributed by atoms with E-state index in [4.69, 9.17) is 9.47 Å². The van der Waals surface area contributed by atoms with Crippen molar-refractivity contribution in [1.82, 2.24) is 4.57 Å². The molecule has 4 heteroatoms. The Balaban J connectivity index is 1.53. The van der Waals surface area contributed by atoms with E-state index in [0.717, 1.165) is 41.8 Å². The maximum Gasteiger partial charge on any atom is 0.255 e. The maximum atomic E-state index is 13.0. The van der Waals surface area contributed by atoms with Crippen LogP contribution in [0.15, 0.2) is 48.5 Å². The van der Waals surface area contributed by atoms with Gasteiger partial charge in [0.1, 0.15) is 0 Å². The third kappa shape index (κ3) is 2.41. The Bertz CT molecular complexity index is 1040. The molecule has 0 N–H and O–H groups in total. The van der Waals surface area contributed by atoms with E-state index < -0.39 is 0 Å². The van der Waals surface area contributed by atoms with Gasteiger partial charge in [-0.15, -0.1) is 0 Å². The van der Waals surface area contributed by atoms with Gasteiger partial charge < -0.3 is 9.47 Å². The number of ether oxygens (including phenoxy) is 2. The van der Waals surface area contributed by atoms with Gasteiger partial charge in [-0.1, -0.05) is 24.3 Å². The Morgan fingerprint density at radius 2 is 1.85 bits per heavy atom. The first-order valence-electron chi connectivity index (χ1n) is 9.04. The second-order valence-electron chi connectivity index (χ2n) is 6.77. The molecule has 5 rings (SSSR count). The minimum Gasteiger partial charge on any atom is -0.454 e. The summed E-state index contributed by atoms with van der Waals surface area (Å²) in [6.07, 6.45) is 7.85. The van der Waals surface area contributed by atoms with E-state index in [-0.39, 0.29) is 12.7 Å². The standard InChI is InChI=1S/C22H19NO3/c24-22(12-10-15-9-11-20-21(13-15)26-14-25-20)23-18-7-3-1-5-16(18)17-6-2-4-8-19(17)23/h1,3,5,7,9-13H,2,4,6,8,14H2/b12-10+. The van der Waals surface area contributed by atoms with Crippen molar-refractivity contribution in [2.24, 2.45) is 0 Å². The minimum atomic E-state index is 0.00187. The number of hydrogen-bond acceptors (Lipinski definition) is 3. The Labute approximate surface area is 151 Å². The van der Waals surface area contributed by atoms with Crippen molar-refractivity contribution in [2.75, 3.05) is 6.79 Å². The molecule has 3 aromatic rings. The van der Waals surface area contributed by atoms with Gasteiger partial charge in [-0.25, -0.2) is 0 Å². The number of aryl methyl sites for hydroxylation is 1. The monoisotopic (exact) mass is 345 g/mol. The molecule has 1 aliphatic heterocycles. The molecule has 0 spiro atoms. The fourth-order valence-corrected chi connectivity index (χ4v) is 4.01. The van der Waals surface area contributed by atoms with Crippen LogP contribution in [0.3, 0.4) is 0 Å². The largest absolute Gasteiger partial charge is 0.454 e. The third-order valence-electron chi connectivity index (χ3n) is 5.21. The molecule has 0 saturated heterocycles. The zero-order valence-electron chi connectivity index (χ0n) is 14.4. The van der Waals surface area contributed by atoms with Crippen LogP contribution in [-0.4, -0.2) is 17.3 Å². The molecule has 1 aliphatic carbocycles. The van der Waals surface area contributed by atoms with Crippen molar-refractivity contribution in [3.05, 3.63) is 65.4 Å². The van der Waals surface area contributed by atoms with Crippen molar-refractivity contribution in [3.8, 4) is 11.5 Å². The SMILES string of the molecule is O=C(/C=C/c1ccc2c(c1)OCO2)n1c2c(c3ccccc31)CCCC2. The van der Waals surface area contributed by atoms with Crippen molar-refractivity contribution < 1.29 is 14.3 Å². The number of carbonyl (C=O) groups is 1. The summed E-state index contributed by atoms with van der Waals surface area (Å²) in [5.41, 5.74) is 4.46. The summed E-state index contributed by atoms with van der Waals surface area (Å²) in [6, 6.07) is 13.9. The lowest BCUT2D eigenvalue weighted by atomic mass is 9.95. The fraction of sp³-hybridized carbons (Fsp3) is 0.227. The number of allylic oxidation sites excluding steroid dienone is 1. The number of para-hydroxylation sites is 1. The minimum absolute atomic E-state index is 0.00187. The zero-order valence-corrected chi connectivity index (χ0v) is 14.4. The molecule has 1 aromatic heterocycles. The number of hydrogen-bond donors (Lipinski definition) is 0. The summed E-state index contributed by atoms with van der Waals surface area (Å²) in [7, 11) is 0. The highest BCUT2D eigenvalue weighted by Gasteiger charge is 2.22. The van der Waals surface area contributed by atoms with Gasteiger partial charge in [-0.2, -0.15) is 0 Å². The number of aromatic nitrogens is 1. The van der Waals surface area contributed by atoms with Gasteiger partial charge in [0.2, 0.25) is 6.79 Å². The molecule has 0 bridgehead atoms. The van der Waals surface area contributed by atoms with Crippen molar-refractivity contribution >= 4 is 22.9 Å². The average Bonchev–Trinajstić information content (AvgIpc) is 3.28. The van der Waals surface area contributed by atoms with E-state index >= 15 is 0 Å². The molecule has 0 radical (unpaired) electrons. The van der Waals surface area contributed by atoms with Gasteiger partial charge in [-0.3, -0.25) is 9.36 Å². The molecular formula is C22H19NO3. The van der Waals surface area contributed by atoms with Crippen molar-refractivity contribution in [3.63, 3.8) is 0 Å². The van der Waals surface area contributed by atoms with Gasteiger partial charge in [0.25, 0.3) is 5.91 Å². The Kier molecular flexibility index (Phi) is 3.56. The third-order valence-corrected chi connectivity index (χ3v) is 5.21. The van der Waals surface area contributed by atoms with Crippen LogP contribution in [-0.2, 0) is 12.8 Å². The normalized spacial score (nSPS) is 15.5. The second kappa shape index (κ2) is 6.06. The molecule has 130 valence electrons. The fourth-order valence-electron chi connectivity index (χ4n) is 4.01. The molecule has 4 nitrogen and oxygen atoms in total. The smallest absolute Gasteiger partial charge is 0.255 e. The first-order chi connectivity index (χ1) is 12.8. The predicted molar refractivity (Wildman–Crippen MR) is 101 cm³/mol. The Hall–Kier alpha value is -3.01. The van der Waals surface area contributed by atoms with E-state index in [1.165, 1.54) is 23.1 Å². The summed E-state index contributed by atoms with van der Waals surface area (Å²) in [6.45, 7) is 0.253. The summed E-state index contributed by atoms with van der Waals surface area (Å²) >= 11 is 0. The molecule has 0 unspecified atom stereocenters. The number of nitrogens with zero attached hydrogens (tertiary/aromatic N) is 1. The highest BCUT2D eigenvalue weighted by atomic mass is 16.7. The Morgan fingerprint density at radius 3 is 2.81 bits per heavy atom. The topological polar surface area (TPSA) is 40.5 Å². The van der Waals surface area contributed by atoms with Gasteiger partial charge in [-0.05, 0) is 61.1 Å². The molecule has 2 aromatic carbocycles. The maximum absolute atomic E-state index is 13.0. The molecular weight excluding hydrogens is 326 g/mol. The van der Waals surface area contributed by atoms with Crippen LogP contribution < -0.4 is 9.47 Å². The van der Waals surface area contributed by atoms with E-state index in [1.54, 1.807) is 6.08 Å². The van der Waals surface area contributed by atoms with Crippen LogP contribution in [0.1, 0.15) is 34.5 Å². The lowest BCUT2D eigenvalue weighted by molar-refractivity contribution is 0.0971. The highest BCUT2D eigenvalue weighted by Crippen LogP contribution is 2.34. The van der Waals surface area contributed by atoms with Crippen LogP contribution in [0.25, 0.3) is 17.0 Å². The summed E-state index contributed by atoms with van der Waals surface area (Å²) < 4.78 is 12.6. The van der Waals surface area contributed by atoms with Crippen LogP contribution in [0.2, 0.25) is 0 Å². The van der Waals surface area contributed by atoms with Crippen molar-refractivity contribution in [2.45, 2.75) is 25.7 Å². The van der Waals surface area contributed by atoms with Gasteiger partial charge in [0.05, 0.1) is 5.52 Å². The summed E-state index contributed by atoms with van der Waals surface area (Å²) in [4.78, 5) is 13.0. The zero-order chi connectivity index (χ0) is 17.5. The first kappa shape index (κ1) is 15.3. The van der Waals surface area contributed by atoms with E-state index in [2.05, 4.69) is 12.1 Å². The Morgan fingerprint density at radius 1 is 1.00 bits per heavy atom. The van der Waals surface area contributed by atoms with Crippen LogP contribution in [0, 0.1) is 0 Å². The molecule has 0 saturated carbocycles. The van der Waals surface area contributed by atoms with Crippen LogP contribution >= 0.6 is 0 Å². The van der Waals surface area contributed by atoms with Gasteiger partial charge in [0, 0.05) is 17.2 Å². The molecule has 26 heavy (non-hydrogen) atoms. The highest BCUT2D eigenvalue weighted by molar-refractivity contribution is 6.02. The predicted octanol–water partition coefficient (Wildman–Crippen LogP) is 4.60. The molecule has 0 atom stereocenters. The molecule has 0 amide bonds. The van der Waals surface area contributed by atoms with E-state index in [0.29, 0.717) is 0 Å². The number of fused-ring (bicyclic) bond motifs is 4. The summed E-state index contributed by atoms with van der Waals surface area (Å²) in [5.74, 6) is 1.48. The number of carbonyl (C=O) groups excluding carboxylic acids is 1. The van der Waals surface area contributed by atoms with Crippen molar-refractivity contribution in [1.29, 1.82) is 0 Å². The van der Waals surface area contributed by atoms with Crippen LogP contribution in [0.5, 0.6) is 11.5 Å². The van der Waals surface area contributed by atoms with Crippen LogP contribution in [0.4, 0.5) is 0 Å². The second-order valence-corrected chi connectivity index (χ2v) is 6.77. The molecule has 2 aliphatic rings. The average molecular weight is 345 g/mol. The van der Waals surface area contributed by atoms with E-state index in [1.807, 2.05) is 41.0 Å². The molecule has 2 heterocycles. The lowest BCUT2D eigenvalue weighted by Crippen LogP contribution is -2.14. The van der Waals surface area contributed by atoms with E-state index in [9.17, 15) is 4.79 Å².